The molecule has 0 spiro atoms. The molecule has 2 aromatic carbocycles. The van der Waals surface area contributed by atoms with E-state index in [-0.39, 0.29) is 12.5 Å². The molecule has 0 saturated heterocycles. The normalized spacial score (nSPS) is 12.9. The van der Waals surface area contributed by atoms with Gasteiger partial charge < -0.3 is 10.2 Å². The van der Waals surface area contributed by atoms with Crippen LogP contribution in [0.25, 0.3) is 11.1 Å². The second-order valence-corrected chi connectivity index (χ2v) is 4.71. The van der Waals surface area contributed by atoms with Crippen molar-refractivity contribution in [2.45, 2.75) is 12.1 Å². The van der Waals surface area contributed by atoms with Gasteiger partial charge in [0.1, 0.15) is 0 Å². The van der Waals surface area contributed by atoms with E-state index in [4.69, 9.17) is 9.90 Å². The van der Waals surface area contributed by atoms with Crippen LogP contribution in [0.2, 0.25) is 0 Å². The van der Waals surface area contributed by atoms with Crippen LogP contribution >= 0.6 is 0 Å². The lowest BCUT2D eigenvalue weighted by Gasteiger charge is -2.08. The van der Waals surface area contributed by atoms with Gasteiger partial charge in [0, 0.05) is 5.92 Å². The van der Waals surface area contributed by atoms with E-state index in [2.05, 4.69) is 36.4 Å². The first-order chi connectivity index (χ1) is 10.4. The van der Waals surface area contributed by atoms with Crippen LogP contribution in [0.3, 0.4) is 0 Å². The van der Waals surface area contributed by atoms with E-state index < -0.39 is 12.1 Å². The average molecular weight is 310 g/mol. The zero-order chi connectivity index (χ0) is 16.3. The molecule has 0 heterocycles. The molecule has 0 fully saturated rings. The summed E-state index contributed by atoms with van der Waals surface area (Å²) < 4.78 is 31.7. The molecule has 2 aromatic rings. The molecule has 0 saturated carbocycles. The molecule has 6 heteroatoms. The molecule has 0 aliphatic heterocycles. The van der Waals surface area contributed by atoms with E-state index in [1.165, 1.54) is 22.3 Å². The smallest absolute Gasteiger partial charge is 0.475 e. The quantitative estimate of drug-likeness (QED) is 0.848. The lowest BCUT2D eigenvalue weighted by atomic mass is 9.98. The number of benzene rings is 2. The van der Waals surface area contributed by atoms with Crippen molar-refractivity contribution in [2.24, 2.45) is 0 Å². The maximum Gasteiger partial charge on any atom is 0.490 e. The summed E-state index contributed by atoms with van der Waals surface area (Å²) in [5.41, 5.74) is 5.04. The molecular formula is C16H13F3O3. The summed E-state index contributed by atoms with van der Waals surface area (Å²) in [5.74, 6) is -2.59. The minimum Gasteiger partial charge on any atom is -0.475 e. The van der Waals surface area contributed by atoms with Gasteiger partial charge in [-0.25, -0.2) is 4.79 Å². The Morgan fingerprint density at radius 3 is 1.64 bits per heavy atom. The van der Waals surface area contributed by atoms with Crippen LogP contribution in [0.5, 0.6) is 0 Å². The summed E-state index contributed by atoms with van der Waals surface area (Å²) in [7, 11) is 0. The molecule has 2 N–H and O–H groups in total. The van der Waals surface area contributed by atoms with Crippen molar-refractivity contribution in [1.82, 2.24) is 0 Å². The van der Waals surface area contributed by atoms with Crippen molar-refractivity contribution in [3.05, 3.63) is 59.7 Å². The van der Waals surface area contributed by atoms with Crippen LogP contribution in [-0.4, -0.2) is 29.0 Å². The van der Waals surface area contributed by atoms with Gasteiger partial charge in [0.2, 0.25) is 0 Å². The Labute approximate surface area is 124 Å². The number of hydrogen-bond donors (Lipinski definition) is 2. The fourth-order valence-electron chi connectivity index (χ4n) is 2.46. The van der Waals surface area contributed by atoms with Gasteiger partial charge in [-0.1, -0.05) is 48.5 Å². The summed E-state index contributed by atoms with van der Waals surface area (Å²) >= 11 is 0. The second kappa shape index (κ2) is 6.19. The Morgan fingerprint density at radius 2 is 1.32 bits per heavy atom. The van der Waals surface area contributed by atoms with Gasteiger partial charge >= 0.3 is 12.1 Å². The highest BCUT2D eigenvalue weighted by atomic mass is 19.4. The first kappa shape index (κ1) is 16.0. The first-order valence-corrected chi connectivity index (χ1v) is 6.45. The first-order valence-electron chi connectivity index (χ1n) is 6.45. The number of fused-ring (bicyclic) bond motifs is 3. The van der Waals surface area contributed by atoms with Crippen LogP contribution in [0.4, 0.5) is 13.2 Å². The topological polar surface area (TPSA) is 57.5 Å². The summed E-state index contributed by atoms with van der Waals surface area (Å²) in [6.45, 7) is 0.189. The standard InChI is InChI=1S/C14H12O.C2HF3O2/c15-9-14-12-7-3-1-5-10(12)11-6-2-4-8-13(11)14;3-2(4,5)1(6)7/h1-8,14-15H,9H2;(H,6,7). The van der Waals surface area contributed by atoms with Crippen LogP contribution < -0.4 is 0 Å². The van der Waals surface area contributed by atoms with Crippen LogP contribution in [0.1, 0.15) is 17.0 Å². The third-order valence-corrected chi connectivity index (χ3v) is 3.39. The minimum atomic E-state index is -5.08. The zero-order valence-corrected chi connectivity index (χ0v) is 11.3. The lowest BCUT2D eigenvalue weighted by Crippen LogP contribution is -2.21. The molecule has 0 aromatic heterocycles. The molecule has 0 unspecified atom stereocenters. The molecular weight excluding hydrogens is 297 g/mol. The SMILES string of the molecule is O=C(O)C(F)(F)F.OCC1c2ccccc2-c2ccccc21. The van der Waals surface area contributed by atoms with E-state index in [1.54, 1.807) is 0 Å². The van der Waals surface area contributed by atoms with Crippen molar-refractivity contribution in [1.29, 1.82) is 0 Å². The molecule has 3 rings (SSSR count). The number of aliphatic hydroxyl groups excluding tert-OH is 1. The van der Waals surface area contributed by atoms with Crippen molar-refractivity contribution < 1.29 is 28.2 Å². The Kier molecular flexibility index (Phi) is 4.51. The number of halogens is 3. The number of carboxylic acid groups (broad SMARTS) is 1. The fourth-order valence-corrected chi connectivity index (χ4v) is 2.46. The molecule has 116 valence electrons. The molecule has 1 aliphatic carbocycles. The number of carbonyl (C=O) groups is 1. The van der Waals surface area contributed by atoms with E-state index in [0.717, 1.165) is 0 Å². The molecule has 3 nitrogen and oxygen atoms in total. The Morgan fingerprint density at radius 1 is 0.955 bits per heavy atom. The van der Waals surface area contributed by atoms with Crippen LogP contribution in [-0.2, 0) is 4.79 Å². The van der Waals surface area contributed by atoms with Gasteiger partial charge in [0.25, 0.3) is 0 Å². The third kappa shape index (κ3) is 3.12. The van der Waals surface area contributed by atoms with Crippen LogP contribution in [0, 0.1) is 0 Å². The fraction of sp³-hybridized carbons (Fsp3) is 0.188. The lowest BCUT2D eigenvalue weighted by molar-refractivity contribution is -0.192. The zero-order valence-electron chi connectivity index (χ0n) is 11.3. The predicted molar refractivity (Wildman–Crippen MR) is 74.5 cm³/mol. The van der Waals surface area contributed by atoms with Crippen LogP contribution in [0.15, 0.2) is 48.5 Å². The predicted octanol–water partition coefficient (Wildman–Crippen LogP) is 3.42. The van der Waals surface area contributed by atoms with E-state index in [0.29, 0.717) is 0 Å². The highest BCUT2D eigenvalue weighted by Crippen LogP contribution is 2.43. The summed E-state index contributed by atoms with van der Waals surface area (Å²) in [4.78, 5) is 8.90. The monoisotopic (exact) mass is 310 g/mol. The molecule has 0 amide bonds. The number of aliphatic hydroxyl groups is 1. The number of rotatable bonds is 1. The second-order valence-electron chi connectivity index (χ2n) is 4.71. The molecule has 0 atom stereocenters. The molecule has 1 aliphatic rings. The van der Waals surface area contributed by atoms with Crippen molar-refractivity contribution >= 4 is 5.97 Å². The largest absolute Gasteiger partial charge is 0.490 e. The molecule has 22 heavy (non-hydrogen) atoms. The van der Waals surface area contributed by atoms with Gasteiger partial charge in [0.15, 0.2) is 0 Å². The highest BCUT2D eigenvalue weighted by molar-refractivity contribution is 5.78. The highest BCUT2D eigenvalue weighted by Gasteiger charge is 2.38. The summed E-state index contributed by atoms with van der Waals surface area (Å²) in [6, 6.07) is 16.6. The molecule has 0 radical (unpaired) electrons. The number of carboxylic acids is 1. The van der Waals surface area contributed by atoms with Crippen molar-refractivity contribution in [3.63, 3.8) is 0 Å². The van der Waals surface area contributed by atoms with Gasteiger partial charge in [-0.05, 0) is 22.3 Å². The van der Waals surface area contributed by atoms with E-state index >= 15 is 0 Å². The maximum atomic E-state index is 10.6. The maximum absolute atomic E-state index is 10.6. The van der Waals surface area contributed by atoms with Crippen molar-refractivity contribution in [2.75, 3.05) is 6.61 Å². The average Bonchev–Trinajstić information content (AvgIpc) is 2.81. The van der Waals surface area contributed by atoms with Crippen molar-refractivity contribution in [3.8, 4) is 11.1 Å². The van der Waals surface area contributed by atoms with E-state index in [9.17, 15) is 18.3 Å². The number of hydrogen-bond acceptors (Lipinski definition) is 2. The van der Waals surface area contributed by atoms with Gasteiger partial charge in [0.05, 0.1) is 6.61 Å². The summed E-state index contributed by atoms with van der Waals surface area (Å²) in [6.07, 6.45) is -5.08. The Bertz CT molecular complexity index is 635. The van der Waals surface area contributed by atoms with Gasteiger partial charge in [-0.15, -0.1) is 0 Å². The summed E-state index contributed by atoms with van der Waals surface area (Å²) in [5, 5.41) is 16.6. The van der Waals surface area contributed by atoms with Gasteiger partial charge in [-0.2, -0.15) is 13.2 Å². The van der Waals surface area contributed by atoms with E-state index in [1.807, 2.05) is 12.1 Å². The van der Waals surface area contributed by atoms with Gasteiger partial charge in [-0.3, -0.25) is 0 Å². The Balaban J connectivity index is 0.000000217. The minimum absolute atomic E-state index is 0.164. The third-order valence-electron chi connectivity index (χ3n) is 3.39. The number of alkyl halides is 3. The number of aliphatic carboxylic acids is 1. The molecule has 0 bridgehead atoms. The Hall–Kier alpha value is -2.34.